The smallest absolute Gasteiger partial charge is 0.419 e. The number of benzene rings is 1. The molecular weight excluding hydrogens is 387 g/mol. The Bertz CT molecular complexity index is 631. The molecule has 0 radical (unpaired) electrons. The molecule has 0 unspecified atom stereocenters. The fourth-order valence-electron chi connectivity index (χ4n) is 3.07. The lowest BCUT2D eigenvalue weighted by molar-refractivity contribution is -0.139. The van der Waals surface area contributed by atoms with Gasteiger partial charge in [0.2, 0.25) is 5.91 Å². The van der Waals surface area contributed by atoms with E-state index in [9.17, 15) is 28.2 Å². The Hall–Kier alpha value is -1.80. The normalized spacial score (nSPS) is 12.1. The van der Waals surface area contributed by atoms with Gasteiger partial charge >= 0.3 is 6.18 Å². The lowest BCUT2D eigenvalue weighted by Crippen LogP contribution is -2.53. The number of nitrogens with one attached hydrogen (secondary N) is 1. The van der Waals surface area contributed by atoms with E-state index in [0.717, 1.165) is 31.7 Å². The Labute approximate surface area is 170 Å². The van der Waals surface area contributed by atoms with Gasteiger partial charge in [-0.1, -0.05) is 38.7 Å². The highest BCUT2D eigenvalue weighted by Crippen LogP contribution is 2.37. The first-order valence-electron chi connectivity index (χ1n) is 10.0. The predicted octanol–water partition coefficient (Wildman–Crippen LogP) is 3.85. The van der Waals surface area contributed by atoms with E-state index in [-0.39, 0.29) is 25.2 Å². The third kappa shape index (κ3) is 8.62. The standard InChI is InChI=1S/C21H32F3NO4/c1-3-4-5-6-7-12-29-19-9-8-17(13-18(19)21(22,23)24)10-11-20(14-26,15-27)25-16(2)28/h8-9,13,26-27H,3-7,10-12,14-15H2,1-2H3,(H,25,28). The topological polar surface area (TPSA) is 78.8 Å². The van der Waals surface area contributed by atoms with Crippen molar-refractivity contribution in [3.05, 3.63) is 29.3 Å². The number of hydrogen-bond acceptors (Lipinski definition) is 4. The van der Waals surface area contributed by atoms with Crippen molar-refractivity contribution in [3.63, 3.8) is 0 Å². The van der Waals surface area contributed by atoms with Gasteiger partial charge in [0.15, 0.2) is 0 Å². The minimum Gasteiger partial charge on any atom is -0.493 e. The number of alkyl halides is 3. The van der Waals surface area contributed by atoms with Gasteiger partial charge in [-0.2, -0.15) is 13.2 Å². The van der Waals surface area contributed by atoms with Gasteiger partial charge in [0.1, 0.15) is 5.75 Å². The van der Waals surface area contributed by atoms with Crippen LogP contribution in [-0.2, 0) is 17.4 Å². The minimum absolute atomic E-state index is 0.0918. The van der Waals surface area contributed by atoms with Gasteiger partial charge in [0, 0.05) is 6.92 Å². The summed E-state index contributed by atoms with van der Waals surface area (Å²) < 4.78 is 45.8. The number of rotatable bonds is 13. The molecule has 0 aliphatic heterocycles. The Morgan fingerprint density at radius 2 is 1.76 bits per heavy atom. The van der Waals surface area contributed by atoms with E-state index < -0.39 is 36.4 Å². The Morgan fingerprint density at radius 1 is 1.10 bits per heavy atom. The molecule has 1 rings (SSSR count). The van der Waals surface area contributed by atoms with Crippen molar-refractivity contribution in [1.82, 2.24) is 5.32 Å². The number of aliphatic hydroxyl groups excluding tert-OH is 2. The van der Waals surface area contributed by atoms with E-state index in [0.29, 0.717) is 12.0 Å². The van der Waals surface area contributed by atoms with Crippen LogP contribution in [0.25, 0.3) is 0 Å². The summed E-state index contributed by atoms with van der Waals surface area (Å²) in [5.74, 6) is -0.638. The zero-order chi connectivity index (χ0) is 21.9. The van der Waals surface area contributed by atoms with Gasteiger partial charge in [0.25, 0.3) is 0 Å². The Kier molecular flexibility index (Phi) is 10.5. The predicted molar refractivity (Wildman–Crippen MR) is 105 cm³/mol. The van der Waals surface area contributed by atoms with Crippen molar-refractivity contribution in [2.24, 2.45) is 0 Å². The van der Waals surface area contributed by atoms with E-state index in [1.165, 1.54) is 19.1 Å². The van der Waals surface area contributed by atoms with Gasteiger partial charge in [-0.25, -0.2) is 0 Å². The van der Waals surface area contributed by atoms with E-state index in [2.05, 4.69) is 12.2 Å². The van der Waals surface area contributed by atoms with Crippen LogP contribution in [0.1, 0.15) is 63.5 Å². The molecule has 8 heteroatoms. The molecule has 3 N–H and O–H groups in total. The monoisotopic (exact) mass is 419 g/mol. The van der Waals surface area contributed by atoms with Crippen LogP contribution in [0.2, 0.25) is 0 Å². The lowest BCUT2D eigenvalue weighted by Gasteiger charge is -2.30. The van der Waals surface area contributed by atoms with Crippen LogP contribution < -0.4 is 10.1 Å². The molecule has 1 amide bonds. The molecule has 0 fully saturated rings. The number of hydrogen-bond donors (Lipinski definition) is 3. The summed E-state index contributed by atoms with van der Waals surface area (Å²) in [6.07, 6.45) is 0.524. The van der Waals surface area contributed by atoms with Crippen molar-refractivity contribution in [2.45, 2.75) is 70.5 Å². The quantitative estimate of drug-likeness (QED) is 0.425. The highest BCUT2D eigenvalue weighted by molar-refractivity contribution is 5.73. The summed E-state index contributed by atoms with van der Waals surface area (Å²) in [7, 11) is 0. The number of aliphatic hydroxyl groups is 2. The molecule has 0 heterocycles. The number of amides is 1. The van der Waals surface area contributed by atoms with E-state index in [1.807, 2.05) is 0 Å². The zero-order valence-electron chi connectivity index (χ0n) is 17.1. The molecule has 166 valence electrons. The Morgan fingerprint density at radius 3 is 2.31 bits per heavy atom. The van der Waals surface area contributed by atoms with Gasteiger partial charge < -0.3 is 20.3 Å². The SMILES string of the molecule is CCCCCCCOc1ccc(CCC(CO)(CO)NC(C)=O)cc1C(F)(F)F. The van der Waals surface area contributed by atoms with Crippen molar-refractivity contribution >= 4 is 5.91 Å². The average molecular weight is 419 g/mol. The van der Waals surface area contributed by atoms with Crippen LogP contribution in [0, 0.1) is 0 Å². The van der Waals surface area contributed by atoms with Gasteiger partial charge in [0.05, 0.1) is 30.9 Å². The fraction of sp³-hybridized carbons (Fsp3) is 0.667. The van der Waals surface area contributed by atoms with Gasteiger partial charge in [-0.05, 0) is 37.0 Å². The summed E-state index contributed by atoms with van der Waals surface area (Å²) in [5.41, 5.74) is -1.75. The summed E-state index contributed by atoms with van der Waals surface area (Å²) in [6, 6.07) is 3.87. The molecule has 0 spiro atoms. The van der Waals surface area contributed by atoms with Crippen LogP contribution >= 0.6 is 0 Å². The van der Waals surface area contributed by atoms with E-state index >= 15 is 0 Å². The van der Waals surface area contributed by atoms with Gasteiger partial charge in [-0.15, -0.1) is 0 Å². The molecule has 0 bridgehead atoms. The highest BCUT2D eigenvalue weighted by atomic mass is 19.4. The first kappa shape index (κ1) is 25.2. The lowest BCUT2D eigenvalue weighted by atomic mass is 9.92. The average Bonchev–Trinajstić information content (AvgIpc) is 2.67. The summed E-state index contributed by atoms with van der Waals surface area (Å²) in [5, 5.41) is 21.5. The third-order valence-electron chi connectivity index (χ3n) is 4.79. The first-order chi connectivity index (χ1) is 13.7. The molecule has 29 heavy (non-hydrogen) atoms. The molecule has 0 saturated carbocycles. The molecule has 0 aromatic heterocycles. The highest BCUT2D eigenvalue weighted by Gasteiger charge is 2.35. The second kappa shape index (κ2) is 12.0. The number of ether oxygens (including phenoxy) is 1. The van der Waals surface area contributed by atoms with Crippen molar-refractivity contribution in [2.75, 3.05) is 19.8 Å². The summed E-state index contributed by atoms with van der Waals surface area (Å²) in [6.45, 7) is 2.53. The molecule has 0 saturated heterocycles. The maximum absolute atomic E-state index is 13.5. The largest absolute Gasteiger partial charge is 0.493 e. The fourth-order valence-corrected chi connectivity index (χ4v) is 3.07. The number of carbonyl (C=O) groups is 1. The maximum atomic E-state index is 13.5. The maximum Gasteiger partial charge on any atom is 0.419 e. The van der Waals surface area contributed by atoms with E-state index in [1.54, 1.807) is 0 Å². The van der Waals surface area contributed by atoms with Crippen molar-refractivity contribution in [1.29, 1.82) is 0 Å². The van der Waals surface area contributed by atoms with Crippen LogP contribution in [-0.4, -0.2) is 41.5 Å². The van der Waals surface area contributed by atoms with Gasteiger partial charge in [-0.3, -0.25) is 4.79 Å². The number of halogens is 3. The minimum atomic E-state index is -4.56. The summed E-state index contributed by atoms with van der Waals surface area (Å²) in [4.78, 5) is 11.3. The Balaban J connectivity index is 2.84. The van der Waals surface area contributed by atoms with Crippen molar-refractivity contribution < 1.29 is 32.9 Å². The number of unbranched alkanes of at least 4 members (excludes halogenated alkanes) is 4. The molecule has 5 nitrogen and oxygen atoms in total. The molecular formula is C21H32F3NO4. The van der Waals surface area contributed by atoms with Crippen LogP contribution in [0.15, 0.2) is 18.2 Å². The molecule has 0 aliphatic rings. The van der Waals surface area contributed by atoms with Crippen molar-refractivity contribution in [3.8, 4) is 5.75 Å². The second-order valence-electron chi connectivity index (χ2n) is 7.37. The van der Waals surface area contributed by atoms with Crippen LogP contribution in [0.3, 0.4) is 0 Å². The number of carbonyl (C=O) groups excluding carboxylic acids is 1. The zero-order valence-corrected chi connectivity index (χ0v) is 17.1. The second-order valence-corrected chi connectivity index (χ2v) is 7.37. The molecule has 0 atom stereocenters. The summed E-state index contributed by atoms with van der Waals surface area (Å²) >= 11 is 0. The number of aryl methyl sites for hydroxylation is 1. The third-order valence-corrected chi connectivity index (χ3v) is 4.79. The molecule has 1 aromatic carbocycles. The van der Waals surface area contributed by atoms with Crippen LogP contribution in [0.5, 0.6) is 5.75 Å². The first-order valence-corrected chi connectivity index (χ1v) is 10.0. The van der Waals surface area contributed by atoms with E-state index in [4.69, 9.17) is 4.74 Å². The molecule has 0 aliphatic carbocycles. The van der Waals surface area contributed by atoms with Crippen LogP contribution in [0.4, 0.5) is 13.2 Å². The molecule has 1 aromatic rings.